The molecule has 0 aliphatic carbocycles. The number of carbonyl (C=O) groups excluding carboxylic acids is 1. The van der Waals surface area contributed by atoms with Gasteiger partial charge >= 0.3 is 0 Å². The van der Waals surface area contributed by atoms with E-state index in [4.69, 9.17) is 4.99 Å². The third kappa shape index (κ3) is 4.11. The molecule has 1 amide bonds. The van der Waals surface area contributed by atoms with Crippen LogP contribution in [0.5, 0.6) is 0 Å². The fraction of sp³-hybridized carbons (Fsp3) is 0.120. The van der Waals surface area contributed by atoms with E-state index in [0.29, 0.717) is 18.1 Å². The van der Waals surface area contributed by atoms with Crippen LogP contribution in [-0.4, -0.2) is 30.7 Å². The summed E-state index contributed by atoms with van der Waals surface area (Å²) in [6.07, 6.45) is 1.86. The molecule has 144 valence electrons. The maximum Gasteiger partial charge on any atom is 0.278 e. The lowest BCUT2D eigenvalue weighted by Gasteiger charge is -2.18. The van der Waals surface area contributed by atoms with Crippen LogP contribution < -0.4 is 4.90 Å². The summed E-state index contributed by atoms with van der Waals surface area (Å²) in [7, 11) is 4.01. The van der Waals surface area contributed by atoms with Crippen molar-refractivity contribution in [3.8, 4) is 0 Å². The van der Waals surface area contributed by atoms with E-state index in [1.807, 2.05) is 110 Å². The van der Waals surface area contributed by atoms with Gasteiger partial charge < -0.3 is 4.90 Å². The number of hydrogen-bond acceptors (Lipinski definition) is 3. The van der Waals surface area contributed by atoms with Crippen molar-refractivity contribution in [2.75, 3.05) is 19.0 Å². The molecule has 1 aliphatic rings. The first-order chi connectivity index (χ1) is 14.1. The largest absolute Gasteiger partial charge is 0.378 e. The molecule has 3 aromatic rings. The van der Waals surface area contributed by atoms with Crippen molar-refractivity contribution in [3.63, 3.8) is 0 Å². The van der Waals surface area contributed by atoms with E-state index in [2.05, 4.69) is 0 Å². The topological polar surface area (TPSA) is 35.9 Å². The highest BCUT2D eigenvalue weighted by atomic mass is 16.2. The SMILES string of the molecule is CN(C)c1ccc(/C=C2/N=C(c3ccccc3)N(Cc3ccccc3)C2=O)cc1. The van der Waals surface area contributed by atoms with E-state index in [9.17, 15) is 4.79 Å². The van der Waals surface area contributed by atoms with Crippen LogP contribution in [0, 0.1) is 0 Å². The highest BCUT2D eigenvalue weighted by molar-refractivity contribution is 6.19. The summed E-state index contributed by atoms with van der Waals surface area (Å²) < 4.78 is 0. The number of hydrogen-bond donors (Lipinski definition) is 0. The minimum Gasteiger partial charge on any atom is -0.378 e. The van der Waals surface area contributed by atoms with Gasteiger partial charge in [0.1, 0.15) is 11.5 Å². The average molecular weight is 381 g/mol. The van der Waals surface area contributed by atoms with E-state index in [-0.39, 0.29) is 5.91 Å². The van der Waals surface area contributed by atoms with Gasteiger partial charge in [0.2, 0.25) is 0 Å². The highest BCUT2D eigenvalue weighted by Crippen LogP contribution is 2.24. The number of aliphatic imine (C=N–C) groups is 1. The summed E-state index contributed by atoms with van der Waals surface area (Å²) in [5.41, 5.74) is 4.53. The monoisotopic (exact) mass is 381 g/mol. The van der Waals surface area contributed by atoms with Crippen LogP contribution in [0.2, 0.25) is 0 Å². The zero-order valence-electron chi connectivity index (χ0n) is 16.6. The van der Waals surface area contributed by atoms with Gasteiger partial charge in [-0.3, -0.25) is 9.69 Å². The van der Waals surface area contributed by atoms with Gasteiger partial charge in [-0.05, 0) is 29.3 Å². The molecule has 0 saturated carbocycles. The minimum atomic E-state index is -0.0793. The van der Waals surface area contributed by atoms with Gasteiger partial charge in [-0.25, -0.2) is 4.99 Å². The van der Waals surface area contributed by atoms with E-state index in [1.54, 1.807) is 4.90 Å². The Labute approximate surface area is 171 Å². The number of rotatable bonds is 5. The molecule has 3 aromatic carbocycles. The summed E-state index contributed by atoms with van der Waals surface area (Å²) in [5, 5.41) is 0. The van der Waals surface area contributed by atoms with E-state index < -0.39 is 0 Å². The molecule has 0 radical (unpaired) electrons. The van der Waals surface area contributed by atoms with Gasteiger partial charge in [-0.2, -0.15) is 0 Å². The average Bonchev–Trinajstić information content (AvgIpc) is 3.05. The quantitative estimate of drug-likeness (QED) is 0.607. The van der Waals surface area contributed by atoms with Crippen molar-refractivity contribution < 1.29 is 4.79 Å². The van der Waals surface area contributed by atoms with E-state index in [1.165, 1.54) is 0 Å². The van der Waals surface area contributed by atoms with Crippen molar-refractivity contribution >= 4 is 23.5 Å². The second-order valence-electron chi connectivity index (χ2n) is 7.19. The van der Waals surface area contributed by atoms with Gasteiger partial charge in [0.25, 0.3) is 5.91 Å². The van der Waals surface area contributed by atoms with Crippen molar-refractivity contribution in [2.24, 2.45) is 4.99 Å². The molecule has 1 heterocycles. The third-order valence-electron chi connectivity index (χ3n) is 4.87. The molecule has 4 rings (SSSR count). The molecular weight excluding hydrogens is 358 g/mol. The molecular formula is C25H23N3O. The summed E-state index contributed by atoms with van der Waals surface area (Å²) >= 11 is 0. The minimum absolute atomic E-state index is 0.0793. The molecule has 0 bridgehead atoms. The Morgan fingerprint density at radius 2 is 1.48 bits per heavy atom. The Bertz CT molecular complexity index is 1050. The van der Waals surface area contributed by atoms with Crippen LogP contribution in [0.1, 0.15) is 16.7 Å². The summed E-state index contributed by atoms with van der Waals surface area (Å²) in [6.45, 7) is 0.490. The van der Waals surface area contributed by atoms with Crippen molar-refractivity contribution in [2.45, 2.75) is 6.54 Å². The lowest BCUT2D eigenvalue weighted by molar-refractivity contribution is -0.123. The molecule has 0 N–H and O–H groups in total. The zero-order valence-corrected chi connectivity index (χ0v) is 16.6. The van der Waals surface area contributed by atoms with Crippen LogP contribution >= 0.6 is 0 Å². The van der Waals surface area contributed by atoms with E-state index >= 15 is 0 Å². The second kappa shape index (κ2) is 8.15. The third-order valence-corrected chi connectivity index (χ3v) is 4.87. The molecule has 4 nitrogen and oxygen atoms in total. The summed E-state index contributed by atoms with van der Waals surface area (Å²) in [4.78, 5) is 21.7. The van der Waals surface area contributed by atoms with Crippen LogP contribution in [0.3, 0.4) is 0 Å². The van der Waals surface area contributed by atoms with E-state index in [0.717, 1.165) is 22.4 Å². The number of benzene rings is 3. The van der Waals surface area contributed by atoms with Gasteiger partial charge in [0.15, 0.2) is 0 Å². The summed E-state index contributed by atoms with van der Waals surface area (Å²) in [5.74, 6) is 0.611. The Hall–Kier alpha value is -3.66. The second-order valence-corrected chi connectivity index (χ2v) is 7.19. The molecule has 0 aromatic heterocycles. The van der Waals surface area contributed by atoms with Gasteiger partial charge in [-0.15, -0.1) is 0 Å². The number of carbonyl (C=O) groups is 1. The molecule has 0 fully saturated rings. The molecule has 4 heteroatoms. The maximum absolute atomic E-state index is 13.2. The van der Waals surface area contributed by atoms with Crippen LogP contribution in [-0.2, 0) is 11.3 Å². The number of nitrogens with zero attached hydrogens (tertiary/aromatic N) is 3. The molecule has 1 aliphatic heterocycles. The fourth-order valence-electron chi connectivity index (χ4n) is 3.30. The number of amidine groups is 1. The first-order valence-electron chi connectivity index (χ1n) is 9.61. The van der Waals surface area contributed by atoms with Crippen molar-refractivity contribution in [1.82, 2.24) is 4.90 Å². The predicted octanol–water partition coefficient (Wildman–Crippen LogP) is 4.58. The zero-order chi connectivity index (χ0) is 20.2. The van der Waals surface area contributed by atoms with Crippen molar-refractivity contribution in [3.05, 3.63) is 107 Å². The normalized spacial score (nSPS) is 15.0. The Balaban J connectivity index is 1.69. The van der Waals surface area contributed by atoms with Crippen LogP contribution in [0.25, 0.3) is 6.08 Å². The number of amides is 1. The highest BCUT2D eigenvalue weighted by Gasteiger charge is 2.31. The standard InChI is InChI=1S/C25H23N3O/c1-27(2)22-15-13-19(14-16-22)17-23-25(29)28(18-20-9-5-3-6-10-20)24(26-23)21-11-7-4-8-12-21/h3-17H,18H2,1-2H3/b23-17+. The maximum atomic E-state index is 13.2. The Morgan fingerprint density at radius 1 is 0.862 bits per heavy atom. The predicted molar refractivity (Wildman–Crippen MR) is 119 cm³/mol. The molecule has 0 saturated heterocycles. The van der Waals surface area contributed by atoms with Gasteiger partial charge in [-0.1, -0.05) is 72.8 Å². The van der Waals surface area contributed by atoms with Crippen molar-refractivity contribution in [1.29, 1.82) is 0 Å². The Kier molecular flexibility index (Phi) is 5.25. The Morgan fingerprint density at radius 3 is 2.10 bits per heavy atom. The molecule has 29 heavy (non-hydrogen) atoms. The first-order valence-corrected chi connectivity index (χ1v) is 9.61. The first kappa shape index (κ1) is 18.7. The molecule has 0 atom stereocenters. The number of anilines is 1. The van der Waals surface area contributed by atoms with Crippen LogP contribution in [0.15, 0.2) is 95.6 Å². The molecule has 0 spiro atoms. The smallest absolute Gasteiger partial charge is 0.278 e. The van der Waals surface area contributed by atoms with Gasteiger partial charge in [0.05, 0.1) is 6.54 Å². The molecule has 0 unspecified atom stereocenters. The summed E-state index contributed by atoms with van der Waals surface area (Å²) in [6, 6.07) is 27.9. The lowest BCUT2D eigenvalue weighted by Crippen LogP contribution is -2.32. The van der Waals surface area contributed by atoms with Gasteiger partial charge in [0, 0.05) is 25.3 Å². The fourth-order valence-corrected chi connectivity index (χ4v) is 3.30. The van der Waals surface area contributed by atoms with Crippen LogP contribution in [0.4, 0.5) is 5.69 Å². The lowest BCUT2D eigenvalue weighted by atomic mass is 10.1.